The van der Waals surface area contributed by atoms with Gasteiger partial charge < -0.3 is 19.7 Å². The summed E-state index contributed by atoms with van der Waals surface area (Å²) in [7, 11) is 0. The van der Waals surface area contributed by atoms with E-state index in [0.717, 1.165) is 54.8 Å². The zero-order valence-electron chi connectivity index (χ0n) is 24.6. The van der Waals surface area contributed by atoms with Crippen molar-refractivity contribution < 1.29 is 9.59 Å². The Morgan fingerprint density at radius 2 is 1.59 bits per heavy atom. The number of aromatic nitrogens is 1. The van der Waals surface area contributed by atoms with Crippen LogP contribution < -0.4 is 5.32 Å². The van der Waals surface area contributed by atoms with Gasteiger partial charge in [0.15, 0.2) is 0 Å². The Labute approximate surface area is 243 Å². The number of carbonyl (C=O) groups is 2. The molecule has 41 heavy (non-hydrogen) atoms. The molecule has 1 aromatic heterocycles. The zero-order chi connectivity index (χ0) is 29.0. The Morgan fingerprint density at radius 1 is 0.878 bits per heavy atom. The minimum Gasteiger partial charge on any atom is -0.335 e. The fourth-order valence-corrected chi connectivity index (χ4v) is 5.34. The topological polar surface area (TPSA) is 57.6 Å². The van der Waals surface area contributed by atoms with Gasteiger partial charge in [0.2, 0.25) is 5.91 Å². The van der Waals surface area contributed by atoms with E-state index in [1.54, 1.807) is 6.08 Å². The van der Waals surface area contributed by atoms with Crippen LogP contribution in [0.3, 0.4) is 0 Å². The van der Waals surface area contributed by atoms with E-state index in [-0.39, 0.29) is 17.2 Å². The smallest absolute Gasteiger partial charge is 0.270 e. The molecule has 0 atom stereocenters. The third kappa shape index (κ3) is 6.77. The van der Waals surface area contributed by atoms with Crippen molar-refractivity contribution in [2.24, 2.45) is 0 Å². The van der Waals surface area contributed by atoms with E-state index in [9.17, 15) is 9.59 Å². The minimum atomic E-state index is -0.198. The number of nitrogens with zero attached hydrogens (tertiary/aromatic N) is 3. The van der Waals surface area contributed by atoms with Gasteiger partial charge in [0.1, 0.15) is 5.69 Å². The Hall–Kier alpha value is -4.16. The summed E-state index contributed by atoms with van der Waals surface area (Å²) >= 11 is 0. The van der Waals surface area contributed by atoms with Crippen LogP contribution in [0.5, 0.6) is 0 Å². The first-order chi connectivity index (χ1) is 19.7. The van der Waals surface area contributed by atoms with Gasteiger partial charge in [-0.1, -0.05) is 82.3 Å². The molecule has 0 unspecified atom stereocenters. The van der Waals surface area contributed by atoms with Crippen LogP contribution in [0.25, 0.3) is 17.0 Å². The lowest BCUT2D eigenvalue weighted by atomic mass is 9.87. The largest absolute Gasteiger partial charge is 0.335 e. The fraction of sp³-hybridized carbons (Fsp3) is 0.314. The SMILES string of the molecule is CCN1CCN(C(=O)c2cc3cc(NC(=O)/C=C/c4ccccc4)ccc3n2Cc2ccc(C(C)(C)C)cc2)CC1. The van der Waals surface area contributed by atoms with Crippen molar-refractivity contribution in [1.29, 1.82) is 0 Å². The van der Waals surface area contributed by atoms with Crippen molar-refractivity contribution in [3.05, 3.63) is 107 Å². The first-order valence-corrected chi connectivity index (χ1v) is 14.5. The van der Waals surface area contributed by atoms with Crippen molar-refractivity contribution in [3.8, 4) is 0 Å². The highest BCUT2D eigenvalue weighted by Crippen LogP contribution is 2.27. The van der Waals surface area contributed by atoms with Crippen molar-refractivity contribution >= 4 is 34.5 Å². The van der Waals surface area contributed by atoms with Crippen molar-refractivity contribution in [1.82, 2.24) is 14.4 Å². The first kappa shape index (κ1) is 28.4. The number of amides is 2. The predicted molar refractivity (Wildman–Crippen MR) is 168 cm³/mol. The van der Waals surface area contributed by atoms with E-state index in [1.165, 1.54) is 11.6 Å². The molecule has 0 bridgehead atoms. The van der Waals surface area contributed by atoms with Gasteiger partial charge in [-0.15, -0.1) is 0 Å². The molecule has 1 saturated heterocycles. The van der Waals surface area contributed by atoms with Crippen LogP contribution in [0.1, 0.15) is 54.9 Å². The van der Waals surface area contributed by atoms with Crippen LogP contribution in [-0.2, 0) is 16.8 Å². The second kappa shape index (κ2) is 12.1. The zero-order valence-corrected chi connectivity index (χ0v) is 24.6. The highest BCUT2D eigenvalue weighted by molar-refractivity contribution is 6.04. The average molecular weight is 549 g/mol. The summed E-state index contributed by atoms with van der Waals surface area (Å²) < 4.78 is 2.12. The third-order valence-corrected chi connectivity index (χ3v) is 7.88. The molecule has 1 N–H and O–H groups in total. The summed E-state index contributed by atoms with van der Waals surface area (Å²) in [6, 6.07) is 26.3. The summed E-state index contributed by atoms with van der Waals surface area (Å²) in [5.41, 5.74) is 5.82. The lowest BCUT2D eigenvalue weighted by Crippen LogP contribution is -2.48. The van der Waals surface area contributed by atoms with E-state index < -0.39 is 0 Å². The van der Waals surface area contributed by atoms with Crippen LogP contribution in [0.2, 0.25) is 0 Å². The number of fused-ring (bicyclic) bond motifs is 1. The molecule has 1 aliphatic rings. The number of hydrogen-bond acceptors (Lipinski definition) is 3. The van der Waals surface area contributed by atoms with Gasteiger partial charge in [0.25, 0.3) is 5.91 Å². The quantitative estimate of drug-likeness (QED) is 0.271. The van der Waals surface area contributed by atoms with Gasteiger partial charge in [-0.05, 0) is 59.0 Å². The van der Waals surface area contributed by atoms with Crippen molar-refractivity contribution in [3.63, 3.8) is 0 Å². The highest BCUT2D eigenvalue weighted by Gasteiger charge is 2.25. The molecule has 2 heterocycles. The predicted octanol–water partition coefficient (Wildman–Crippen LogP) is 6.42. The summed E-state index contributed by atoms with van der Waals surface area (Å²) in [5, 5.41) is 3.90. The second-order valence-corrected chi connectivity index (χ2v) is 11.8. The molecule has 3 aromatic carbocycles. The standard InChI is InChI=1S/C35H40N4O2/c1-5-37-19-21-38(22-20-37)34(41)32-24-28-23-30(36-33(40)18-13-26-9-7-6-8-10-26)16-17-31(28)39(32)25-27-11-14-29(15-12-27)35(2,3)4/h6-18,23-24H,5,19-22,25H2,1-4H3,(H,36,40)/b18-13+. The van der Waals surface area contributed by atoms with Crippen molar-refractivity contribution in [2.45, 2.75) is 39.7 Å². The molecule has 5 rings (SSSR count). The minimum absolute atomic E-state index is 0.0552. The molecule has 212 valence electrons. The van der Waals surface area contributed by atoms with Gasteiger partial charge in [-0.3, -0.25) is 9.59 Å². The Bertz CT molecular complexity index is 1540. The highest BCUT2D eigenvalue weighted by atomic mass is 16.2. The summed E-state index contributed by atoms with van der Waals surface area (Å²) in [6.07, 6.45) is 3.33. The molecule has 0 spiro atoms. The number of hydrogen-bond donors (Lipinski definition) is 1. The molecule has 0 saturated carbocycles. The Kier molecular flexibility index (Phi) is 8.41. The maximum Gasteiger partial charge on any atom is 0.270 e. The number of benzene rings is 3. The van der Waals surface area contributed by atoms with Gasteiger partial charge in [-0.2, -0.15) is 0 Å². The van der Waals surface area contributed by atoms with Crippen molar-refractivity contribution in [2.75, 3.05) is 38.0 Å². The number of carbonyl (C=O) groups excluding carboxylic acids is 2. The van der Waals surface area contributed by atoms with Gasteiger partial charge in [0, 0.05) is 55.4 Å². The maximum atomic E-state index is 13.9. The molecular weight excluding hydrogens is 508 g/mol. The van der Waals surface area contributed by atoms with E-state index in [4.69, 9.17) is 0 Å². The lowest BCUT2D eigenvalue weighted by Gasteiger charge is -2.34. The van der Waals surface area contributed by atoms with Crippen LogP contribution in [0.4, 0.5) is 5.69 Å². The normalized spacial score (nSPS) is 14.6. The molecule has 6 nitrogen and oxygen atoms in total. The summed E-state index contributed by atoms with van der Waals surface area (Å²) in [4.78, 5) is 30.8. The van der Waals surface area contributed by atoms with Gasteiger partial charge in [0.05, 0.1) is 0 Å². The van der Waals surface area contributed by atoms with Crippen LogP contribution in [0.15, 0.2) is 84.9 Å². The van der Waals surface area contributed by atoms with Gasteiger partial charge >= 0.3 is 0 Å². The number of anilines is 1. The maximum absolute atomic E-state index is 13.9. The first-order valence-electron chi connectivity index (χ1n) is 14.5. The van der Waals surface area contributed by atoms with Crippen LogP contribution in [0, 0.1) is 0 Å². The summed E-state index contributed by atoms with van der Waals surface area (Å²) in [5.74, 6) is -0.142. The lowest BCUT2D eigenvalue weighted by molar-refractivity contribution is -0.111. The summed E-state index contributed by atoms with van der Waals surface area (Å²) in [6.45, 7) is 13.6. The molecule has 1 fully saturated rings. The molecule has 4 aromatic rings. The Balaban J connectivity index is 1.43. The molecule has 2 amide bonds. The molecule has 1 aliphatic heterocycles. The monoisotopic (exact) mass is 548 g/mol. The van der Waals surface area contributed by atoms with Crippen LogP contribution in [-0.4, -0.2) is 58.9 Å². The fourth-order valence-electron chi connectivity index (χ4n) is 5.34. The average Bonchev–Trinajstić information content (AvgIpc) is 3.33. The molecule has 0 radical (unpaired) electrons. The number of likely N-dealkylation sites (N-methyl/N-ethyl adjacent to an activating group) is 1. The van der Waals surface area contributed by atoms with Crippen LogP contribution >= 0.6 is 0 Å². The van der Waals surface area contributed by atoms with E-state index in [1.807, 2.05) is 59.5 Å². The van der Waals surface area contributed by atoms with E-state index >= 15 is 0 Å². The van der Waals surface area contributed by atoms with Gasteiger partial charge in [-0.25, -0.2) is 0 Å². The Morgan fingerprint density at radius 3 is 2.24 bits per heavy atom. The molecule has 6 heteroatoms. The third-order valence-electron chi connectivity index (χ3n) is 7.88. The molecular formula is C35H40N4O2. The second-order valence-electron chi connectivity index (χ2n) is 11.8. The van der Waals surface area contributed by atoms with E-state index in [0.29, 0.717) is 17.9 Å². The number of piperazine rings is 1. The molecule has 0 aliphatic carbocycles. The van der Waals surface area contributed by atoms with E-state index in [2.05, 4.69) is 66.7 Å². The number of rotatable bonds is 7. The number of nitrogens with one attached hydrogen (secondary N) is 1.